The van der Waals surface area contributed by atoms with Crippen LogP contribution in [0.3, 0.4) is 0 Å². The van der Waals surface area contributed by atoms with Crippen LogP contribution in [0.15, 0.2) is 35.3 Å². The van der Waals surface area contributed by atoms with E-state index in [9.17, 15) is 18.8 Å². The second-order valence-electron chi connectivity index (χ2n) is 5.21. The molecule has 0 radical (unpaired) electrons. The van der Waals surface area contributed by atoms with Gasteiger partial charge >= 0.3 is 5.97 Å². The van der Waals surface area contributed by atoms with Crippen LogP contribution in [-0.4, -0.2) is 35.0 Å². The van der Waals surface area contributed by atoms with Crippen LogP contribution in [-0.2, 0) is 20.8 Å². The first-order valence-electron chi connectivity index (χ1n) is 7.07. The number of carboxylic acids is 1. The lowest BCUT2D eigenvalue weighted by Crippen LogP contribution is -2.52. The van der Waals surface area contributed by atoms with Crippen molar-refractivity contribution in [1.82, 2.24) is 10.6 Å². The number of rotatable bonds is 8. The van der Waals surface area contributed by atoms with Gasteiger partial charge in [0.2, 0.25) is 11.8 Å². The summed E-state index contributed by atoms with van der Waals surface area (Å²) in [5, 5.41) is 13.9. The Hall–Kier alpha value is -2.22. The van der Waals surface area contributed by atoms with Crippen LogP contribution in [0.2, 0.25) is 0 Å². The number of amides is 2. The average Bonchev–Trinajstić information content (AvgIpc) is 2.44. The van der Waals surface area contributed by atoms with Gasteiger partial charge in [0.25, 0.3) is 0 Å². The van der Waals surface area contributed by atoms with Gasteiger partial charge in [-0.25, -0.2) is 9.18 Å². The molecule has 0 heterocycles. The summed E-state index contributed by atoms with van der Waals surface area (Å²) in [7, 11) is 0. The van der Waals surface area contributed by atoms with E-state index in [4.69, 9.17) is 5.11 Å². The molecule has 1 rings (SSSR count). The SMILES string of the molecule is C=C(Br)C[C@H](NC(=O)[C@H](Cc1cccc(F)c1)NC(C)=O)C(=O)O. The highest BCUT2D eigenvalue weighted by molar-refractivity contribution is 9.11. The molecule has 0 aliphatic carbocycles. The molecule has 0 aliphatic heterocycles. The fourth-order valence-corrected chi connectivity index (χ4v) is 2.37. The van der Waals surface area contributed by atoms with Crippen molar-refractivity contribution in [2.24, 2.45) is 0 Å². The minimum absolute atomic E-state index is 0.00612. The van der Waals surface area contributed by atoms with E-state index in [0.717, 1.165) is 0 Å². The Morgan fingerprint density at radius 3 is 2.46 bits per heavy atom. The number of benzene rings is 1. The maximum absolute atomic E-state index is 13.3. The van der Waals surface area contributed by atoms with E-state index in [1.807, 2.05) is 0 Å². The Morgan fingerprint density at radius 2 is 1.96 bits per heavy atom. The van der Waals surface area contributed by atoms with Crippen molar-refractivity contribution < 1.29 is 23.9 Å². The summed E-state index contributed by atoms with van der Waals surface area (Å²) in [4.78, 5) is 34.9. The van der Waals surface area contributed by atoms with Gasteiger partial charge < -0.3 is 15.7 Å². The van der Waals surface area contributed by atoms with E-state index < -0.39 is 35.7 Å². The van der Waals surface area contributed by atoms with Crippen LogP contribution in [0.1, 0.15) is 18.9 Å². The predicted octanol–water partition coefficient (Wildman–Crippen LogP) is 1.74. The largest absolute Gasteiger partial charge is 0.480 e. The van der Waals surface area contributed by atoms with Gasteiger partial charge in [0.15, 0.2) is 0 Å². The molecule has 0 unspecified atom stereocenters. The van der Waals surface area contributed by atoms with Crippen molar-refractivity contribution in [1.29, 1.82) is 0 Å². The van der Waals surface area contributed by atoms with E-state index in [0.29, 0.717) is 10.0 Å². The van der Waals surface area contributed by atoms with Crippen LogP contribution in [0.4, 0.5) is 4.39 Å². The van der Waals surface area contributed by atoms with Gasteiger partial charge in [-0.05, 0) is 22.2 Å². The molecule has 0 aliphatic rings. The zero-order chi connectivity index (χ0) is 18.3. The molecule has 8 heteroatoms. The molecular formula is C16H18BrFN2O4. The Morgan fingerprint density at radius 1 is 1.29 bits per heavy atom. The molecule has 0 bridgehead atoms. The first-order chi connectivity index (χ1) is 11.2. The summed E-state index contributed by atoms with van der Waals surface area (Å²) in [6.07, 6.45) is 0.0264. The topological polar surface area (TPSA) is 95.5 Å². The number of halogens is 2. The van der Waals surface area contributed by atoms with E-state index in [-0.39, 0.29) is 12.8 Å². The van der Waals surface area contributed by atoms with Gasteiger partial charge in [-0.3, -0.25) is 9.59 Å². The number of carbonyl (C=O) groups excluding carboxylic acids is 2. The predicted molar refractivity (Wildman–Crippen MR) is 90.0 cm³/mol. The summed E-state index contributed by atoms with van der Waals surface area (Å²) in [6, 6.07) is 3.40. The molecule has 0 saturated heterocycles. The first kappa shape index (κ1) is 19.8. The van der Waals surface area contributed by atoms with Gasteiger partial charge in [-0.1, -0.05) is 34.6 Å². The van der Waals surface area contributed by atoms with Crippen molar-refractivity contribution in [3.05, 3.63) is 46.7 Å². The third kappa shape index (κ3) is 6.91. The van der Waals surface area contributed by atoms with Crippen LogP contribution in [0.5, 0.6) is 0 Å². The van der Waals surface area contributed by atoms with E-state index in [2.05, 4.69) is 33.1 Å². The van der Waals surface area contributed by atoms with Crippen molar-refractivity contribution >= 4 is 33.7 Å². The molecule has 24 heavy (non-hydrogen) atoms. The van der Waals surface area contributed by atoms with Crippen molar-refractivity contribution in [2.75, 3.05) is 0 Å². The molecular weight excluding hydrogens is 383 g/mol. The molecule has 0 spiro atoms. The molecule has 6 nitrogen and oxygen atoms in total. The maximum Gasteiger partial charge on any atom is 0.326 e. The van der Waals surface area contributed by atoms with E-state index >= 15 is 0 Å². The molecule has 2 amide bonds. The third-order valence-electron chi connectivity index (χ3n) is 3.06. The molecule has 1 aromatic rings. The van der Waals surface area contributed by atoms with Gasteiger partial charge in [-0.2, -0.15) is 0 Å². The third-order valence-corrected chi connectivity index (χ3v) is 3.39. The van der Waals surface area contributed by atoms with Crippen LogP contribution < -0.4 is 10.6 Å². The number of aliphatic carboxylic acids is 1. The van der Waals surface area contributed by atoms with E-state index in [1.54, 1.807) is 6.07 Å². The lowest BCUT2D eigenvalue weighted by Gasteiger charge is -2.21. The van der Waals surface area contributed by atoms with Crippen LogP contribution >= 0.6 is 15.9 Å². The lowest BCUT2D eigenvalue weighted by atomic mass is 10.0. The lowest BCUT2D eigenvalue weighted by molar-refractivity contribution is -0.142. The fourth-order valence-electron chi connectivity index (χ4n) is 2.05. The van der Waals surface area contributed by atoms with Gasteiger partial charge in [0.1, 0.15) is 17.9 Å². The Kier molecular flexibility index (Phi) is 7.57. The molecule has 0 fully saturated rings. The monoisotopic (exact) mass is 400 g/mol. The normalized spacial score (nSPS) is 12.8. The Balaban J connectivity index is 2.89. The van der Waals surface area contributed by atoms with Crippen molar-refractivity contribution in [2.45, 2.75) is 31.8 Å². The highest BCUT2D eigenvalue weighted by atomic mass is 79.9. The standard InChI is InChI=1S/C16H18BrFN2O4/c1-9(17)6-14(16(23)24)20-15(22)13(19-10(2)21)8-11-4-3-5-12(18)7-11/h3-5,7,13-14H,1,6,8H2,2H3,(H,19,21)(H,20,22)(H,23,24)/t13-,14-/m0/s1. The Bertz CT molecular complexity index is 651. The molecule has 3 N–H and O–H groups in total. The van der Waals surface area contributed by atoms with Crippen LogP contribution in [0, 0.1) is 5.82 Å². The number of nitrogens with one attached hydrogen (secondary N) is 2. The summed E-state index contributed by atoms with van der Waals surface area (Å²) in [6.45, 7) is 4.78. The Labute approximate surface area is 147 Å². The summed E-state index contributed by atoms with van der Waals surface area (Å²) >= 11 is 3.05. The smallest absolute Gasteiger partial charge is 0.326 e. The van der Waals surface area contributed by atoms with Crippen molar-refractivity contribution in [3.8, 4) is 0 Å². The fraction of sp³-hybridized carbons (Fsp3) is 0.312. The molecule has 130 valence electrons. The quantitative estimate of drug-likeness (QED) is 0.619. The summed E-state index contributed by atoms with van der Waals surface area (Å²) in [5.41, 5.74) is 0.501. The number of carboxylic acid groups (broad SMARTS) is 1. The molecule has 0 saturated carbocycles. The maximum atomic E-state index is 13.3. The molecule has 0 aromatic heterocycles. The highest BCUT2D eigenvalue weighted by Gasteiger charge is 2.26. The zero-order valence-electron chi connectivity index (χ0n) is 13.0. The van der Waals surface area contributed by atoms with Crippen LogP contribution in [0.25, 0.3) is 0 Å². The second-order valence-corrected chi connectivity index (χ2v) is 6.33. The summed E-state index contributed by atoms with van der Waals surface area (Å²) < 4.78 is 13.7. The summed E-state index contributed by atoms with van der Waals surface area (Å²) in [5.74, 6) is -2.82. The first-order valence-corrected chi connectivity index (χ1v) is 7.86. The van der Waals surface area contributed by atoms with Gasteiger partial charge in [0, 0.05) is 19.8 Å². The minimum Gasteiger partial charge on any atom is -0.480 e. The van der Waals surface area contributed by atoms with Gasteiger partial charge in [-0.15, -0.1) is 0 Å². The second kappa shape index (κ2) is 9.17. The van der Waals surface area contributed by atoms with Gasteiger partial charge in [0.05, 0.1) is 0 Å². The zero-order valence-corrected chi connectivity index (χ0v) is 14.6. The number of hydrogen-bond donors (Lipinski definition) is 3. The number of carbonyl (C=O) groups is 3. The minimum atomic E-state index is -1.23. The van der Waals surface area contributed by atoms with Crippen molar-refractivity contribution in [3.63, 3.8) is 0 Å². The molecule has 2 atom stereocenters. The molecule has 1 aromatic carbocycles. The number of hydrogen-bond acceptors (Lipinski definition) is 3. The highest BCUT2D eigenvalue weighted by Crippen LogP contribution is 2.11. The average molecular weight is 401 g/mol. The van der Waals surface area contributed by atoms with E-state index in [1.165, 1.54) is 25.1 Å².